The molecule has 0 aromatic carbocycles. The molecule has 2 saturated carbocycles. The summed E-state index contributed by atoms with van der Waals surface area (Å²) >= 11 is 0. The minimum absolute atomic E-state index is 0.392. The molecule has 5 heteroatoms. The lowest BCUT2D eigenvalue weighted by molar-refractivity contribution is 0.0912. The quantitative estimate of drug-likeness (QED) is 0.494. The molecule has 140 valence electrons. The van der Waals surface area contributed by atoms with Crippen LogP contribution in [0.5, 0.6) is 0 Å². The Hall–Kier alpha value is -0.150. The fourth-order valence-electron chi connectivity index (χ4n) is 4.24. The van der Waals surface area contributed by atoms with Crippen molar-refractivity contribution in [2.45, 2.75) is 90.1 Å². The Bertz CT molecular complexity index is 400. The molecule has 2 aliphatic rings. The summed E-state index contributed by atoms with van der Waals surface area (Å²) in [4.78, 5) is 2.60. The lowest BCUT2D eigenvalue weighted by atomic mass is 9.88. The third-order valence-corrected chi connectivity index (χ3v) is 7.55. The second-order valence-electron chi connectivity index (χ2n) is 7.16. The number of hydrogen-bond acceptors (Lipinski definition) is 4. The van der Waals surface area contributed by atoms with E-state index in [-0.39, 0.29) is 0 Å². The molecule has 0 saturated heterocycles. The van der Waals surface area contributed by atoms with E-state index in [1.165, 1.54) is 64.2 Å². The third kappa shape index (κ3) is 5.42. The van der Waals surface area contributed by atoms with E-state index < -0.39 is 7.60 Å². The molecule has 2 rings (SSSR count). The van der Waals surface area contributed by atoms with Gasteiger partial charge in [-0.1, -0.05) is 45.1 Å². The van der Waals surface area contributed by atoms with Crippen LogP contribution in [0.2, 0.25) is 0 Å². The molecule has 0 N–H and O–H groups in total. The van der Waals surface area contributed by atoms with Crippen molar-refractivity contribution in [2.24, 2.45) is 0 Å². The van der Waals surface area contributed by atoms with Crippen molar-refractivity contribution in [1.29, 1.82) is 0 Å². The van der Waals surface area contributed by atoms with Gasteiger partial charge in [-0.15, -0.1) is 0 Å². The number of nitrogens with zero attached hydrogens (tertiary/aromatic N) is 1. The zero-order valence-corrected chi connectivity index (χ0v) is 16.6. The Morgan fingerprint density at radius 2 is 1.33 bits per heavy atom. The van der Waals surface area contributed by atoms with Crippen LogP contribution in [-0.2, 0) is 13.6 Å². The van der Waals surface area contributed by atoms with E-state index in [4.69, 9.17) is 9.05 Å². The monoisotopic (exact) mass is 357 g/mol. The minimum Gasteiger partial charge on any atom is -0.306 e. The van der Waals surface area contributed by atoms with Gasteiger partial charge in [0, 0.05) is 23.9 Å². The standard InChI is InChI=1S/C19H36NO3P/c1-4-22-24(21,23-5-2)17(3)16-20(18-12-8-6-9-13-18)19-14-10-7-11-15-19/h18-19H,3-16H2,1-2H3. The van der Waals surface area contributed by atoms with Crippen LogP contribution in [0, 0.1) is 0 Å². The Balaban J connectivity index is 2.10. The maximum absolute atomic E-state index is 13.0. The summed E-state index contributed by atoms with van der Waals surface area (Å²) in [6.07, 6.45) is 13.0. The zero-order valence-electron chi connectivity index (χ0n) is 15.7. The first-order valence-electron chi connectivity index (χ1n) is 9.94. The number of rotatable bonds is 9. The van der Waals surface area contributed by atoms with Crippen molar-refractivity contribution in [2.75, 3.05) is 19.8 Å². The predicted octanol–water partition coefficient (Wildman–Crippen LogP) is 5.73. The van der Waals surface area contributed by atoms with Gasteiger partial charge in [0.2, 0.25) is 0 Å². The summed E-state index contributed by atoms with van der Waals surface area (Å²) in [5.41, 5.74) is 0. The van der Waals surface area contributed by atoms with E-state index in [0.717, 1.165) is 0 Å². The van der Waals surface area contributed by atoms with Gasteiger partial charge >= 0.3 is 7.60 Å². The van der Waals surface area contributed by atoms with Crippen LogP contribution in [0.15, 0.2) is 11.9 Å². The molecular weight excluding hydrogens is 321 g/mol. The Labute approximate surface area is 148 Å². The van der Waals surface area contributed by atoms with Crippen molar-refractivity contribution in [3.05, 3.63) is 11.9 Å². The molecule has 0 aliphatic heterocycles. The molecule has 0 aromatic heterocycles. The molecule has 2 aliphatic carbocycles. The van der Waals surface area contributed by atoms with Crippen LogP contribution in [-0.4, -0.2) is 36.7 Å². The Morgan fingerprint density at radius 3 is 1.71 bits per heavy atom. The summed E-state index contributed by atoms with van der Waals surface area (Å²) < 4.78 is 24.1. The highest BCUT2D eigenvalue weighted by Gasteiger charge is 2.34. The first-order chi connectivity index (χ1) is 11.6. The van der Waals surface area contributed by atoms with E-state index >= 15 is 0 Å². The summed E-state index contributed by atoms with van der Waals surface area (Å²) in [6, 6.07) is 1.21. The molecule has 0 aromatic rings. The summed E-state index contributed by atoms with van der Waals surface area (Å²) in [7, 11) is -3.20. The van der Waals surface area contributed by atoms with Gasteiger partial charge in [-0.3, -0.25) is 9.46 Å². The van der Waals surface area contributed by atoms with Gasteiger partial charge in [-0.2, -0.15) is 0 Å². The average molecular weight is 357 g/mol. The highest BCUT2D eigenvalue weighted by Crippen LogP contribution is 2.55. The second kappa shape index (κ2) is 10.1. The molecular formula is C19H36NO3P. The van der Waals surface area contributed by atoms with Crippen LogP contribution in [0.4, 0.5) is 0 Å². The highest BCUT2D eigenvalue weighted by atomic mass is 31.2. The second-order valence-corrected chi connectivity index (χ2v) is 9.30. The Morgan fingerprint density at radius 1 is 0.917 bits per heavy atom. The van der Waals surface area contributed by atoms with Gasteiger partial charge < -0.3 is 9.05 Å². The van der Waals surface area contributed by atoms with Gasteiger partial charge in [0.05, 0.1) is 13.2 Å². The highest BCUT2D eigenvalue weighted by molar-refractivity contribution is 7.58. The zero-order chi connectivity index (χ0) is 17.4. The lowest BCUT2D eigenvalue weighted by Gasteiger charge is -2.42. The fraction of sp³-hybridized carbons (Fsp3) is 0.895. The van der Waals surface area contributed by atoms with Crippen LogP contribution in [0.1, 0.15) is 78.1 Å². The van der Waals surface area contributed by atoms with Crippen LogP contribution >= 0.6 is 7.60 Å². The van der Waals surface area contributed by atoms with Crippen molar-refractivity contribution >= 4 is 7.60 Å². The molecule has 0 bridgehead atoms. The van der Waals surface area contributed by atoms with Crippen molar-refractivity contribution in [3.8, 4) is 0 Å². The van der Waals surface area contributed by atoms with Crippen LogP contribution < -0.4 is 0 Å². The lowest BCUT2D eigenvalue weighted by Crippen LogP contribution is -2.46. The summed E-state index contributed by atoms with van der Waals surface area (Å²) in [5.74, 6) is 0. The maximum atomic E-state index is 13.0. The molecule has 24 heavy (non-hydrogen) atoms. The van der Waals surface area contributed by atoms with Crippen LogP contribution in [0.25, 0.3) is 0 Å². The molecule has 0 unspecified atom stereocenters. The molecule has 0 spiro atoms. The molecule has 2 fully saturated rings. The topological polar surface area (TPSA) is 38.8 Å². The fourth-order valence-corrected chi connectivity index (χ4v) is 5.69. The van der Waals surface area contributed by atoms with Gasteiger partial charge in [0.25, 0.3) is 0 Å². The number of hydrogen-bond donors (Lipinski definition) is 0. The smallest absolute Gasteiger partial charge is 0.306 e. The summed E-state index contributed by atoms with van der Waals surface area (Å²) in [6.45, 7) is 9.30. The summed E-state index contributed by atoms with van der Waals surface area (Å²) in [5, 5.41) is 0.641. The van der Waals surface area contributed by atoms with E-state index in [0.29, 0.717) is 37.2 Å². The predicted molar refractivity (Wildman–Crippen MR) is 100 cm³/mol. The van der Waals surface area contributed by atoms with Gasteiger partial charge in [-0.25, -0.2) is 0 Å². The van der Waals surface area contributed by atoms with Crippen LogP contribution in [0.3, 0.4) is 0 Å². The first-order valence-corrected chi connectivity index (χ1v) is 11.5. The van der Waals surface area contributed by atoms with E-state index in [1.54, 1.807) is 0 Å². The third-order valence-electron chi connectivity index (χ3n) is 5.44. The Kier molecular flexibility index (Phi) is 8.49. The van der Waals surface area contributed by atoms with Gasteiger partial charge in [0.15, 0.2) is 0 Å². The maximum Gasteiger partial charge on any atom is 0.358 e. The van der Waals surface area contributed by atoms with Crippen molar-refractivity contribution in [3.63, 3.8) is 0 Å². The molecule has 0 radical (unpaired) electrons. The average Bonchev–Trinajstić information content (AvgIpc) is 2.61. The largest absolute Gasteiger partial charge is 0.358 e. The van der Waals surface area contributed by atoms with E-state index in [9.17, 15) is 4.57 Å². The van der Waals surface area contributed by atoms with E-state index in [2.05, 4.69) is 11.5 Å². The van der Waals surface area contributed by atoms with Crippen molar-refractivity contribution < 1.29 is 13.6 Å². The molecule has 0 amide bonds. The van der Waals surface area contributed by atoms with Crippen molar-refractivity contribution in [1.82, 2.24) is 4.90 Å². The van der Waals surface area contributed by atoms with Gasteiger partial charge in [-0.05, 0) is 39.5 Å². The first kappa shape index (κ1) is 20.2. The van der Waals surface area contributed by atoms with Gasteiger partial charge in [0.1, 0.15) is 0 Å². The molecule has 4 nitrogen and oxygen atoms in total. The van der Waals surface area contributed by atoms with E-state index in [1.807, 2.05) is 13.8 Å². The molecule has 0 heterocycles. The SMILES string of the molecule is C=C(CN(C1CCCCC1)C1CCCCC1)P(=O)(OCC)OCC. The normalized spacial score (nSPS) is 21.3. The molecule has 0 atom stereocenters. The minimum atomic E-state index is -3.20.